The Bertz CT molecular complexity index is 631. The Morgan fingerprint density at radius 2 is 2.25 bits per heavy atom. The van der Waals surface area contributed by atoms with Gasteiger partial charge >= 0.3 is 5.97 Å². The van der Waals surface area contributed by atoms with Gasteiger partial charge in [0.2, 0.25) is 0 Å². The highest BCUT2D eigenvalue weighted by Gasteiger charge is 2.32. The Labute approximate surface area is 116 Å². The molecule has 6 heteroatoms. The first-order valence-corrected chi connectivity index (χ1v) is 6.80. The van der Waals surface area contributed by atoms with Gasteiger partial charge in [-0.15, -0.1) is 0 Å². The van der Waals surface area contributed by atoms with Gasteiger partial charge in [-0.3, -0.25) is 4.98 Å². The number of esters is 1. The molecule has 0 radical (unpaired) electrons. The van der Waals surface area contributed by atoms with E-state index in [0.717, 1.165) is 30.7 Å². The Balaban J connectivity index is 1.91. The molecule has 1 saturated heterocycles. The van der Waals surface area contributed by atoms with Crippen molar-refractivity contribution in [3.63, 3.8) is 0 Å². The zero-order valence-electron chi connectivity index (χ0n) is 11.3. The Kier molecular flexibility index (Phi) is 3.45. The van der Waals surface area contributed by atoms with Crippen LogP contribution in [-0.2, 0) is 9.53 Å². The molecule has 3 rings (SSSR count). The van der Waals surface area contributed by atoms with E-state index in [1.807, 2.05) is 24.0 Å². The van der Waals surface area contributed by atoms with E-state index in [-0.39, 0.29) is 12.0 Å². The van der Waals surface area contributed by atoms with Crippen molar-refractivity contribution in [1.29, 1.82) is 0 Å². The number of rotatable bonds is 3. The molecule has 0 spiro atoms. The van der Waals surface area contributed by atoms with Crippen LogP contribution in [0.15, 0.2) is 24.5 Å². The third-order valence-corrected chi connectivity index (χ3v) is 3.42. The summed E-state index contributed by atoms with van der Waals surface area (Å²) in [5.74, 6) is 0.583. The van der Waals surface area contributed by atoms with Gasteiger partial charge in [0, 0.05) is 18.9 Å². The number of hydrogen-bond donors (Lipinski definition) is 0. The molecule has 1 unspecified atom stereocenters. The van der Waals surface area contributed by atoms with Crippen LogP contribution in [0.3, 0.4) is 0 Å². The van der Waals surface area contributed by atoms with Crippen molar-refractivity contribution in [3.05, 3.63) is 24.5 Å². The van der Waals surface area contributed by atoms with Crippen molar-refractivity contribution >= 4 is 23.0 Å². The first kappa shape index (κ1) is 12.8. The lowest BCUT2D eigenvalue weighted by Crippen LogP contribution is -2.37. The quantitative estimate of drug-likeness (QED) is 0.790. The summed E-state index contributed by atoms with van der Waals surface area (Å²) in [4.78, 5) is 26.9. The van der Waals surface area contributed by atoms with Crippen molar-refractivity contribution in [1.82, 2.24) is 15.0 Å². The molecule has 0 amide bonds. The number of ether oxygens (including phenoxy) is 1. The van der Waals surface area contributed by atoms with Crippen LogP contribution in [0.1, 0.15) is 19.8 Å². The summed E-state index contributed by atoms with van der Waals surface area (Å²) >= 11 is 0. The topological polar surface area (TPSA) is 68.2 Å². The smallest absolute Gasteiger partial charge is 0.328 e. The van der Waals surface area contributed by atoms with Gasteiger partial charge in [0.15, 0.2) is 5.65 Å². The summed E-state index contributed by atoms with van der Waals surface area (Å²) in [6.45, 7) is 3.03. The van der Waals surface area contributed by atoms with Gasteiger partial charge in [0.1, 0.15) is 17.4 Å². The molecule has 1 atom stereocenters. The molecule has 1 aliphatic rings. The maximum atomic E-state index is 12.0. The van der Waals surface area contributed by atoms with E-state index >= 15 is 0 Å². The van der Waals surface area contributed by atoms with E-state index < -0.39 is 0 Å². The Morgan fingerprint density at radius 3 is 3.10 bits per heavy atom. The summed E-state index contributed by atoms with van der Waals surface area (Å²) in [5, 5.41) is 0. The van der Waals surface area contributed by atoms with Crippen LogP contribution in [-0.4, -0.2) is 40.1 Å². The third kappa shape index (κ3) is 2.29. The molecule has 1 fully saturated rings. The normalized spacial score (nSPS) is 18.4. The minimum Gasteiger partial charge on any atom is -0.464 e. The number of carbonyl (C=O) groups is 1. The predicted molar refractivity (Wildman–Crippen MR) is 74.3 cm³/mol. The summed E-state index contributed by atoms with van der Waals surface area (Å²) in [6.07, 6.45) is 5.02. The zero-order chi connectivity index (χ0) is 13.9. The van der Waals surface area contributed by atoms with E-state index in [1.54, 1.807) is 12.4 Å². The van der Waals surface area contributed by atoms with Gasteiger partial charge in [-0.25, -0.2) is 14.8 Å². The second kappa shape index (κ2) is 5.40. The average Bonchev–Trinajstić information content (AvgIpc) is 2.96. The van der Waals surface area contributed by atoms with Crippen molar-refractivity contribution < 1.29 is 9.53 Å². The molecule has 0 aromatic carbocycles. The zero-order valence-corrected chi connectivity index (χ0v) is 11.3. The molecule has 3 heterocycles. The average molecular weight is 272 g/mol. The molecule has 6 nitrogen and oxygen atoms in total. The SMILES string of the molecule is CCOC(=O)C1CCCN1c1ccc2nccnc2n1. The number of pyridine rings is 1. The van der Waals surface area contributed by atoms with Gasteiger partial charge in [0.25, 0.3) is 0 Å². The fourth-order valence-electron chi connectivity index (χ4n) is 2.53. The Morgan fingerprint density at radius 1 is 1.40 bits per heavy atom. The van der Waals surface area contributed by atoms with Gasteiger partial charge in [-0.05, 0) is 31.9 Å². The van der Waals surface area contributed by atoms with E-state index in [2.05, 4.69) is 15.0 Å². The maximum absolute atomic E-state index is 12.0. The van der Waals surface area contributed by atoms with Gasteiger partial charge in [-0.2, -0.15) is 0 Å². The number of carbonyl (C=O) groups excluding carboxylic acids is 1. The lowest BCUT2D eigenvalue weighted by molar-refractivity contribution is -0.144. The highest BCUT2D eigenvalue weighted by atomic mass is 16.5. The molecule has 0 bridgehead atoms. The number of nitrogens with zero attached hydrogens (tertiary/aromatic N) is 4. The van der Waals surface area contributed by atoms with E-state index in [4.69, 9.17) is 4.74 Å². The minimum atomic E-state index is -0.239. The van der Waals surface area contributed by atoms with Crippen LogP contribution in [0.5, 0.6) is 0 Å². The first-order valence-electron chi connectivity index (χ1n) is 6.80. The van der Waals surface area contributed by atoms with Gasteiger partial charge < -0.3 is 9.64 Å². The maximum Gasteiger partial charge on any atom is 0.328 e. The fraction of sp³-hybridized carbons (Fsp3) is 0.429. The molecule has 2 aromatic rings. The molecule has 0 saturated carbocycles. The fourth-order valence-corrected chi connectivity index (χ4v) is 2.53. The van der Waals surface area contributed by atoms with E-state index in [0.29, 0.717) is 12.3 Å². The molecule has 0 N–H and O–H groups in total. The standard InChI is InChI=1S/C14H16N4O2/c1-2-20-14(19)11-4-3-9-18(11)12-6-5-10-13(17-12)16-8-7-15-10/h5-8,11H,2-4,9H2,1H3. The summed E-state index contributed by atoms with van der Waals surface area (Å²) in [5.41, 5.74) is 1.35. The number of fused-ring (bicyclic) bond motifs is 1. The largest absolute Gasteiger partial charge is 0.464 e. The predicted octanol–water partition coefficient (Wildman–Crippen LogP) is 1.56. The monoisotopic (exact) mass is 272 g/mol. The number of anilines is 1. The van der Waals surface area contributed by atoms with Crippen LogP contribution in [0.2, 0.25) is 0 Å². The lowest BCUT2D eigenvalue weighted by atomic mass is 10.2. The number of aromatic nitrogens is 3. The summed E-state index contributed by atoms with van der Waals surface area (Å²) < 4.78 is 5.13. The van der Waals surface area contributed by atoms with Crippen molar-refractivity contribution in [3.8, 4) is 0 Å². The highest BCUT2D eigenvalue weighted by Crippen LogP contribution is 2.25. The lowest BCUT2D eigenvalue weighted by Gasteiger charge is -2.24. The molecule has 2 aromatic heterocycles. The second-order valence-electron chi connectivity index (χ2n) is 4.67. The minimum absolute atomic E-state index is 0.175. The summed E-state index contributed by atoms with van der Waals surface area (Å²) in [7, 11) is 0. The number of hydrogen-bond acceptors (Lipinski definition) is 6. The van der Waals surface area contributed by atoms with Crippen LogP contribution in [0.4, 0.5) is 5.82 Å². The molecular weight excluding hydrogens is 256 g/mol. The highest BCUT2D eigenvalue weighted by molar-refractivity contribution is 5.81. The summed E-state index contributed by atoms with van der Waals surface area (Å²) in [6, 6.07) is 3.52. The second-order valence-corrected chi connectivity index (χ2v) is 4.67. The third-order valence-electron chi connectivity index (χ3n) is 3.42. The van der Waals surface area contributed by atoms with E-state index in [1.165, 1.54) is 0 Å². The van der Waals surface area contributed by atoms with Gasteiger partial charge in [0.05, 0.1) is 6.61 Å². The first-order chi connectivity index (χ1) is 9.79. The van der Waals surface area contributed by atoms with E-state index in [9.17, 15) is 4.79 Å². The van der Waals surface area contributed by atoms with Gasteiger partial charge in [-0.1, -0.05) is 0 Å². The van der Waals surface area contributed by atoms with Crippen molar-refractivity contribution in [2.24, 2.45) is 0 Å². The van der Waals surface area contributed by atoms with Crippen LogP contribution in [0, 0.1) is 0 Å². The molecule has 1 aliphatic heterocycles. The van der Waals surface area contributed by atoms with Crippen molar-refractivity contribution in [2.75, 3.05) is 18.1 Å². The Hall–Kier alpha value is -2.24. The molecule has 104 valence electrons. The molecular formula is C14H16N4O2. The van der Waals surface area contributed by atoms with Crippen LogP contribution in [0.25, 0.3) is 11.2 Å². The molecule has 0 aliphatic carbocycles. The van der Waals surface area contributed by atoms with Crippen LogP contribution < -0.4 is 4.90 Å². The van der Waals surface area contributed by atoms with Crippen molar-refractivity contribution in [2.45, 2.75) is 25.8 Å². The van der Waals surface area contributed by atoms with Crippen LogP contribution >= 0.6 is 0 Å². The molecule has 20 heavy (non-hydrogen) atoms.